The van der Waals surface area contributed by atoms with Gasteiger partial charge in [0.15, 0.2) is 0 Å². The molecule has 1 N–H and O–H groups in total. The Bertz CT molecular complexity index is 606. The highest BCUT2D eigenvalue weighted by Gasteiger charge is 2.19. The van der Waals surface area contributed by atoms with E-state index in [1.165, 1.54) is 31.5 Å². The minimum absolute atomic E-state index is 0.787. The lowest BCUT2D eigenvalue weighted by atomic mass is 9.96. The minimum atomic E-state index is 0.787. The first kappa shape index (κ1) is 14.8. The highest BCUT2D eigenvalue weighted by Crippen LogP contribution is 2.26. The average Bonchev–Trinajstić information content (AvgIpc) is 2.52. The van der Waals surface area contributed by atoms with Gasteiger partial charge in [0.25, 0.3) is 0 Å². The lowest BCUT2D eigenvalue weighted by Gasteiger charge is -2.32. The van der Waals surface area contributed by atoms with E-state index in [4.69, 9.17) is 11.6 Å². The number of nitrogens with zero attached hydrogens (tertiary/aromatic N) is 2. The molecule has 1 saturated heterocycles. The third-order valence-corrected chi connectivity index (χ3v) is 4.72. The minimum Gasteiger partial charge on any atom is -0.319 e. The quantitative estimate of drug-likeness (QED) is 0.939. The summed E-state index contributed by atoms with van der Waals surface area (Å²) in [4.78, 5) is 7.06. The summed E-state index contributed by atoms with van der Waals surface area (Å²) in [6.07, 6.45) is 4.40. The van der Waals surface area contributed by atoms with Gasteiger partial charge in [0, 0.05) is 23.2 Å². The fourth-order valence-electron chi connectivity index (χ4n) is 3.20. The van der Waals surface area contributed by atoms with E-state index in [1.807, 2.05) is 31.4 Å². The second kappa shape index (κ2) is 6.73. The van der Waals surface area contributed by atoms with Gasteiger partial charge in [-0.2, -0.15) is 0 Å². The maximum Gasteiger partial charge on any atom is 0.0761 e. The van der Waals surface area contributed by atoms with Crippen molar-refractivity contribution in [3.05, 3.63) is 41.0 Å². The Balaban J connectivity index is 1.73. The monoisotopic (exact) mass is 303 g/mol. The zero-order chi connectivity index (χ0) is 14.7. The van der Waals surface area contributed by atoms with Crippen molar-refractivity contribution < 1.29 is 0 Å². The van der Waals surface area contributed by atoms with E-state index in [1.54, 1.807) is 0 Å². The first-order valence-corrected chi connectivity index (χ1v) is 8.05. The molecule has 0 atom stereocenters. The van der Waals surface area contributed by atoms with Crippen LogP contribution in [0.3, 0.4) is 0 Å². The van der Waals surface area contributed by atoms with E-state index >= 15 is 0 Å². The first-order valence-electron chi connectivity index (χ1n) is 7.67. The molecule has 0 amide bonds. The number of rotatable bonds is 4. The number of pyridine rings is 1. The second-order valence-corrected chi connectivity index (χ2v) is 6.29. The van der Waals surface area contributed by atoms with Crippen LogP contribution < -0.4 is 5.32 Å². The summed E-state index contributed by atoms with van der Waals surface area (Å²) >= 11 is 6.27. The van der Waals surface area contributed by atoms with Crippen molar-refractivity contribution in [1.82, 2.24) is 15.2 Å². The fourth-order valence-corrected chi connectivity index (χ4v) is 3.42. The van der Waals surface area contributed by atoms with E-state index in [-0.39, 0.29) is 0 Å². The molecule has 0 aliphatic carbocycles. The van der Waals surface area contributed by atoms with Crippen molar-refractivity contribution in [3.63, 3.8) is 0 Å². The van der Waals surface area contributed by atoms with Crippen LogP contribution in [0.1, 0.15) is 18.4 Å². The number of piperidine rings is 1. The molecule has 0 radical (unpaired) electrons. The summed E-state index contributed by atoms with van der Waals surface area (Å²) in [5.41, 5.74) is 2.32. The number of likely N-dealkylation sites (tertiary alicyclic amines) is 1. The molecular weight excluding hydrogens is 282 g/mol. The third kappa shape index (κ3) is 3.37. The summed E-state index contributed by atoms with van der Waals surface area (Å²) < 4.78 is 0. The summed E-state index contributed by atoms with van der Waals surface area (Å²) in [7, 11) is 2.04. The van der Waals surface area contributed by atoms with Crippen molar-refractivity contribution in [3.8, 4) is 0 Å². The number of hydrogen-bond donors (Lipinski definition) is 1. The number of fused-ring (bicyclic) bond motifs is 1. The molecule has 1 aromatic heterocycles. The Kier molecular flexibility index (Phi) is 4.73. The van der Waals surface area contributed by atoms with Gasteiger partial charge in [-0.1, -0.05) is 17.7 Å². The molecule has 0 unspecified atom stereocenters. The van der Waals surface area contributed by atoms with Crippen LogP contribution in [-0.4, -0.2) is 36.6 Å². The lowest BCUT2D eigenvalue weighted by molar-refractivity contribution is 0.177. The molecule has 0 saturated carbocycles. The Morgan fingerprint density at radius 1 is 1.29 bits per heavy atom. The SMILES string of the molecule is CNCC1CCN(Cc2ccc(Cl)c3cccnc23)CC1. The zero-order valence-corrected chi connectivity index (χ0v) is 13.2. The highest BCUT2D eigenvalue weighted by atomic mass is 35.5. The molecule has 1 aliphatic rings. The molecule has 0 spiro atoms. The fraction of sp³-hybridized carbons (Fsp3) is 0.471. The summed E-state index contributed by atoms with van der Waals surface area (Å²) in [6, 6.07) is 8.11. The van der Waals surface area contributed by atoms with Gasteiger partial charge in [-0.05, 0) is 69.2 Å². The molecule has 1 aromatic carbocycles. The maximum absolute atomic E-state index is 6.27. The third-order valence-electron chi connectivity index (χ3n) is 4.39. The van der Waals surface area contributed by atoms with Crippen LogP contribution >= 0.6 is 11.6 Å². The zero-order valence-electron chi connectivity index (χ0n) is 12.5. The van der Waals surface area contributed by atoms with E-state index in [9.17, 15) is 0 Å². The molecular formula is C17H22ClN3. The van der Waals surface area contributed by atoms with Gasteiger partial charge < -0.3 is 5.32 Å². The second-order valence-electron chi connectivity index (χ2n) is 5.88. The number of nitrogens with one attached hydrogen (secondary N) is 1. The van der Waals surface area contributed by atoms with E-state index in [0.717, 1.165) is 34.9 Å². The Morgan fingerprint density at radius 2 is 2.10 bits per heavy atom. The van der Waals surface area contributed by atoms with Gasteiger partial charge in [-0.15, -0.1) is 0 Å². The van der Waals surface area contributed by atoms with Gasteiger partial charge in [0.2, 0.25) is 0 Å². The number of aromatic nitrogens is 1. The summed E-state index contributed by atoms with van der Waals surface area (Å²) in [6.45, 7) is 4.45. The van der Waals surface area contributed by atoms with Crippen LogP contribution in [0, 0.1) is 5.92 Å². The van der Waals surface area contributed by atoms with Crippen LogP contribution in [0.2, 0.25) is 5.02 Å². The number of hydrogen-bond acceptors (Lipinski definition) is 3. The molecule has 1 fully saturated rings. The van der Waals surface area contributed by atoms with Gasteiger partial charge in [0.1, 0.15) is 0 Å². The Labute approximate surface area is 131 Å². The van der Waals surface area contributed by atoms with E-state index in [2.05, 4.69) is 21.3 Å². The summed E-state index contributed by atoms with van der Waals surface area (Å²) in [5, 5.41) is 5.13. The predicted molar refractivity (Wildman–Crippen MR) is 88.7 cm³/mol. The molecule has 3 rings (SSSR count). The van der Waals surface area contributed by atoms with Crippen LogP contribution in [-0.2, 0) is 6.54 Å². The van der Waals surface area contributed by atoms with Crippen LogP contribution in [0.5, 0.6) is 0 Å². The van der Waals surface area contributed by atoms with Gasteiger partial charge in [0.05, 0.1) is 5.52 Å². The van der Waals surface area contributed by atoms with Crippen molar-refractivity contribution >= 4 is 22.5 Å². The van der Waals surface area contributed by atoms with Crippen LogP contribution in [0.25, 0.3) is 10.9 Å². The number of benzene rings is 1. The first-order chi connectivity index (χ1) is 10.3. The Morgan fingerprint density at radius 3 is 2.86 bits per heavy atom. The smallest absolute Gasteiger partial charge is 0.0761 e. The van der Waals surface area contributed by atoms with Gasteiger partial charge >= 0.3 is 0 Å². The van der Waals surface area contributed by atoms with Crippen LogP contribution in [0.15, 0.2) is 30.5 Å². The molecule has 0 bridgehead atoms. The van der Waals surface area contributed by atoms with Gasteiger partial charge in [-0.3, -0.25) is 9.88 Å². The standard InChI is InChI=1S/C17H22ClN3/c1-19-11-13-6-9-21(10-7-13)12-14-4-5-16(18)15-3-2-8-20-17(14)15/h2-5,8,13,19H,6-7,9-12H2,1H3. The predicted octanol–water partition coefficient (Wildman–Crippen LogP) is 3.32. The van der Waals surface area contributed by atoms with E-state index in [0.29, 0.717) is 0 Å². The average molecular weight is 304 g/mol. The van der Waals surface area contributed by atoms with Crippen LogP contribution in [0.4, 0.5) is 0 Å². The normalized spacial score (nSPS) is 17.4. The summed E-state index contributed by atoms with van der Waals surface area (Å²) in [5.74, 6) is 0.825. The molecule has 21 heavy (non-hydrogen) atoms. The molecule has 4 heteroatoms. The van der Waals surface area contributed by atoms with Crippen molar-refractivity contribution in [2.24, 2.45) is 5.92 Å². The Hall–Kier alpha value is -1.16. The molecule has 3 nitrogen and oxygen atoms in total. The highest BCUT2D eigenvalue weighted by molar-refractivity contribution is 6.35. The van der Waals surface area contributed by atoms with Crippen molar-refractivity contribution in [2.45, 2.75) is 19.4 Å². The topological polar surface area (TPSA) is 28.2 Å². The molecule has 2 heterocycles. The maximum atomic E-state index is 6.27. The molecule has 1 aliphatic heterocycles. The number of halogens is 1. The van der Waals surface area contributed by atoms with Gasteiger partial charge in [-0.25, -0.2) is 0 Å². The molecule has 112 valence electrons. The van der Waals surface area contributed by atoms with Crippen molar-refractivity contribution in [1.29, 1.82) is 0 Å². The lowest BCUT2D eigenvalue weighted by Crippen LogP contribution is -2.36. The molecule has 2 aromatic rings. The van der Waals surface area contributed by atoms with Crippen molar-refractivity contribution in [2.75, 3.05) is 26.7 Å². The largest absolute Gasteiger partial charge is 0.319 e. The van der Waals surface area contributed by atoms with E-state index < -0.39 is 0 Å².